The summed E-state index contributed by atoms with van der Waals surface area (Å²) >= 11 is 1.66. The molecule has 1 aromatic heterocycles. The molecule has 1 N–H and O–H groups in total. The van der Waals surface area contributed by atoms with E-state index in [0.29, 0.717) is 11.5 Å². The van der Waals surface area contributed by atoms with Gasteiger partial charge in [0.15, 0.2) is 0 Å². The topological polar surface area (TPSA) is 47.0 Å². The molecule has 0 amide bonds. The third-order valence-corrected chi connectivity index (χ3v) is 4.75. The smallest absolute Gasteiger partial charge is 0.131 e. The molecule has 1 spiro atoms. The SMILES string of the molecule is Cc1nnc(CNCC2CC3(CCC3)CO2)s1. The van der Waals surface area contributed by atoms with Crippen LogP contribution in [0, 0.1) is 12.3 Å². The Morgan fingerprint density at radius 1 is 1.47 bits per heavy atom. The van der Waals surface area contributed by atoms with Crippen molar-refractivity contribution in [3.05, 3.63) is 10.0 Å². The maximum atomic E-state index is 5.86. The second-order valence-corrected chi connectivity index (χ2v) is 6.60. The molecule has 1 unspecified atom stereocenters. The quantitative estimate of drug-likeness (QED) is 0.890. The summed E-state index contributed by atoms with van der Waals surface area (Å²) in [6, 6.07) is 0. The van der Waals surface area contributed by atoms with Gasteiger partial charge in [-0.25, -0.2) is 0 Å². The predicted molar refractivity (Wildman–Crippen MR) is 67.0 cm³/mol. The van der Waals surface area contributed by atoms with Gasteiger partial charge in [-0.1, -0.05) is 6.42 Å². The van der Waals surface area contributed by atoms with Gasteiger partial charge in [0.25, 0.3) is 0 Å². The second-order valence-electron chi connectivity index (χ2n) is 5.34. The third-order valence-electron chi connectivity index (χ3n) is 3.92. The molecule has 1 aliphatic carbocycles. The van der Waals surface area contributed by atoms with E-state index in [1.54, 1.807) is 11.3 Å². The van der Waals surface area contributed by atoms with Crippen molar-refractivity contribution in [3.8, 4) is 0 Å². The van der Waals surface area contributed by atoms with Crippen molar-refractivity contribution in [1.29, 1.82) is 0 Å². The Bertz CT molecular complexity index is 389. The van der Waals surface area contributed by atoms with Crippen molar-refractivity contribution in [1.82, 2.24) is 15.5 Å². The van der Waals surface area contributed by atoms with Gasteiger partial charge in [-0.2, -0.15) is 0 Å². The van der Waals surface area contributed by atoms with Gasteiger partial charge in [0.05, 0.1) is 12.7 Å². The van der Waals surface area contributed by atoms with E-state index < -0.39 is 0 Å². The summed E-state index contributed by atoms with van der Waals surface area (Å²) in [5, 5.41) is 13.6. The molecule has 0 bridgehead atoms. The molecule has 0 aromatic carbocycles. The number of rotatable bonds is 4. The van der Waals surface area contributed by atoms with Crippen LogP contribution in [0.15, 0.2) is 0 Å². The van der Waals surface area contributed by atoms with Crippen molar-refractivity contribution < 1.29 is 4.74 Å². The Balaban J connectivity index is 1.40. The van der Waals surface area contributed by atoms with Gasteiger partial charge < -0.3 is 10.1 Å². The fourth-order valence-electron chi connectivity index (χ4n) is 2.80. The standard InChI is InChI=1S/C12H19N3OS/c1-9-14-15-11(17-9)7-13-6-10-5-12(8-16-10)3-2-4-12/h10,13H,2-8H2,1H3. The number of hydrogen-bond donors (Lipinski definition) is 1. The summed E-state index contributed by atoms with van der Waals surface area (Å²) in [6.07, 6.45) is 5.80. The van der Waals surface area contributed by atoms with E-state index in [9.17, 15) is 0 Å². The molecule has 1 saturated carbocycles. The predicted octanol–water partition coefficient (Wildman–Crippen LogP) is 1.90. The van der Waals surface area contributed by atoms with E-state index in [0.717, 1.165) is 29.7 Å². The largest absolute Gasteiger partial charge is 0.376 e. The molecule has 2 aliphatic rings. The lowest BCUT2D eigenvalue weighted by atomic mass is 9.68. The Morgan fingerprint density at radius 2 is 2.35 bits per heavy atom. The summed E-state index contributed by atoms with van der Waals surface area (Å²) in [7, 11) is 0. The lowest BCUT2D eigenvalue weighted by Gasteiger charge is -2.36. The van der Waals surface area contributed by atoms with Gasteiger partial charge in [0.1, 0.15) is 10.0 Å². The van der Waals surface area contributed by atoms with E-state index in [1.807, 2.05) is 6.92 Å². The Labute approximate surface area is 106 Å². The number of aromatic nitrogens is 2. The lowest BCUT2D eigenvalue weighted by molar-refractivity contribution is 0.0687. The highest BCUT2D eigenvalue weighted by Gasteiger charge is 2.44. The van der Waals surface area contributed by atoms with Crippen LogP contribution in [0.2, 0.25) is 0 Å². The van der Waals surface area contributed by atoms with Crippen molar-refractivity contribution in [2.24, 2.45) is 5.41 Å². The van der Waals surface area contributed by atoms with Gasteiger partial charge in [0, 0.05) is 13.1 Å². The van der Waals surface area contributed by atoms with Gasteiger partial charge in [0.2, 0.25) is 0 Å². The first-order valence-electron chi connectivity index (χ1n) is 6.37. The normalized spacial score (nSPS) is 26.3. The average Bonchev–Trinajstić information content (AvgIpc) is 2.85. The molecule has 4 nitrogen and oxygen atoms in total. The Kier molecular flexibility index (Phi) is 3.15. The molecule has 3 rings (SSSR count). The van der Waals surface area contributed by atoms with Crippen LogP contribution in [-0.2, 0) is 11.3 Å². The van der Waals surface area contributed by atoms with E-state index >= 15 is 0 Å². The molecule has 94 valence electrons. The lowest BCUT2D eigenvalue weighted by Crippen LogP contribution is -2.31. The minimum Gasteiger partial charge on any atom is -0.376 e. The van der Waals surface area contributed by atoms with Crippen molar-refractivity contribution >= 4 is 11.3 Å². The van der Waals surface area contributed by atoms with Gasteiger partial charge in [-0.05, 0) is 31.6 Å². The third kappa shape index (κ3) is 2.51. The summed E-state index contributed by atoms with van der Waals surface area (Å²) in [6.45, 7) is 4.73. The first-order valence-corrected chi connectivity index (χ1v) is 7.19. The summed E-state index contributed by atoms with van der Waals surface area (Å²) in [5.74, 6) is 0. The van der Waals surface area contributed by atoms with Crippen molar-refractivity contribution in [3.63, 3.8) is 0 Å². The van der Waals surface area contributed by atoms with Crippen molar-refractivity contribution in [2.75, 3.05) is 13.2 Å². The molecule has 1 saturated heterocycles. The molecule has 0 radical (unpaired) electrons. The maximum Gasteiger partial charge on any atom is 0.131 e. The Hall–Kier alpha value is -0.520. The molecule has 2 fully saturated rings. The van der Waals surface area contributed by atoms with Crippen LogP contribution in [0.1, 0.15) is 35.7 Å². The molecular formula is C12H19N3OS. The van der Waals surface area contributed by atoms with Crippen LogP contribution >= 0.6 is 11.3 Å². The molecule has 1 atom stereocenters. The van der Waals surface area contributed by atoms with Crippen LogP contribution in [0.5, 0.6) is 0 Å². The highest BCUT2D eigenvalue weighted by molar-refractivity contribution is 7.11. The monoisotopic (exact) mass is 253 g/mol. The minimum atomic E-state index is 0.407. The first kappa shape index (κ1) is 11.6. The average molecular weight is 253 g/mol. The summed E-state index contributed by atoms with van der Waals surface area (Å²) < 4.78 is 5.86. The molecule has 1 aromatic rings. The van der Waals surface area contributed by atoms with Crippen LogP contribution in [-0.4, -0.2) is 29.5 Å². The minimum absolute atomic E-state index is 0.407. The number of nitrogens with one attached hydrogen (secondary N) is 1. The van der Waals surface area contributed by atoms with Gasteiger partial charge >= 0.3 is 0 Å². The summed E-state index contributed by atoms with van der Waals surface area (Å²) in [4.78, 5) is 0. The highest BCUT2D eigenvalue weighted by atomic mass is 32.1. The highest BCUT2D eigenvalue weighted by Crippen LogP contribution is 2.48. The zero-order valence-electron chi connectivity index (χ0n) is 10.2. The van der Waals surface area contributed by atoms with Crippen LogP contribution in [0.4, 0.5) is 0 Å². The van der Waals surface area contributed by atoms with E-state index in [2.05, 4.69) is 15.5 Å². The zero-order valence-corrected chi connectivity index (χ0v) is 11.1. The fourth-order valence-corrected chi connectivity index (χ4v) is 3.48. The zero-order chi connectivity index (χ0) is 11.7. The molecule has 2 heterocycles. The fraction of sp³-hybridized carbons (Fsp3) is 0.833. The molecular weight excluding hydrogens is 234 g/mol. The van der Waals surface area contributed by atoms with E-state index in [1.165, 1.54) is 25.7 Å². The summed E-state index contributed by atoms with van der Waals surface area (Å²) in [5.41, 5.74) is 0.561. The second kappa shape index (κ2) is 4.63. The number of aryl methyl sites for hydroxylation is 1. The maximum absolute atomic E-state index is 5.86. The van der Waals surface area contributed by atoms with E-state index in [4.69, 9.17) is 4.74 Å². The molecule has 1 aliphatic heterocycles. The number of nitrogens with zero attached hydrogens (tertiary/aromatic N) is 2. The molecule has 5 heteroatoms. The van der Waals surface area contributed by atoms with Crippen LogP contribution in [0.3, 0.4) is 0 Å². The van der Waals surface area contributed by atoms with Crippen LogP contribution < -0.4 is 5.32 Å². The Morgan fingerprint density at radius 3 is 2.94 bits per heavy atom. The van der Waals surface area contributed by atoms with Gasteiger partial charge in [-0.15, -0.1) is 21.5 Å². The van der Waals surface area contributed by atoms with Crippen molar-refractivity contribution in [2.45, 2.75) is 45.3 Å². The first-order chi connectivity index (χ1) is 8.26. The number of ether oxygens (including phenoxy) is 1. The molecule has 17 heavy (non-hydrogen) atoms. The van der Waals surface area contributed by atoms with Crippen LogP contribution in [0.25, 0.3) is 0 Å². The van der Waals surface area contributed by atoms with Gasteiger partial charge in [-0.3, -0.25) is 0 Å². The number of hydrogen-bond acceptors (Lipinski definition) is 5. The van der Waals surface area contributed by atoms with E-state index in [-0.39, 0.29) is 0 Å².